The summed E-state index contributed by atoms with van der Waals surface area (Å²) in [7, 11) is -1.35. The zero-order valence-corrected chi connectivity index (χ0v) is 14.3. The number of rotatable bonds is 10. The Morgan fingerprint density at radius 2 is 1.19 bits per heavy atom. The summed E-state index contributed by atoms with van der Waals surface area (Å²) in [6.07, 6.45) is 2.52. The first-order valence-electron chi connectivity index (χ1n) is 7.12. The van der Waals surface area contributed by atoms with Crippen molar-refractivity contribution in [3.63, 3.8) is 0 Å². The van der Waals surface area contributed by atoms with Gasteiger partial charge < -0.3 is 14.9 Å². The average Bonchev–Trinajstić information content (AvgIpc) is 2.26. The third-order valence-corrected chi connectivity index (χ3v) is 3.94. The predicted molar refractivity (Wildman–Crippen MR) is 81.9 cm³/mol. The highest BCUT2D eigenvalue weighted by Gasteiger charge is 2.17. The van der Waals surface area contributed by atoms with Gasteiger partial charge in [-0.05, 0) is 27.7 Å². The molecule has 0 spiro atoms. The number of carbonyl (C=O) groups is 2. The molecule has 124 valence electrons. The molecule has 0 fully saturated rings. The summed E-state index contributed by atoms with van der Waals surface area (Å²) in [5.41, 5.74) is 0. The molecular formula is C14H28O6P+. The second kappa shape index (κ2) is 12.7. The minimum atomic E-state index is -1.35. The Kier molecular flexibility index (Phi) is 13.5. The summed E-state index contributed by atoms with van der Waals surface area (Å²) in [6, 6.07) is 0. The average molecular weight is 323 g/mol. The summed E-state index contributed by atoms with van der Waals surface area (Å²) in [5, 5.41) is 0. The molecule has 6 nitrogen and oxygen atoms in total. The van der Waals surface area contributed by atoms with E-state index in [1.54, 1.807) is 27.7 Å². The molecule has 0 aromatic carbocycles. The first kappa shape index (κ1) is 22.3. The van der Waals surface area contributed by atoms with Gasteiger partial charge in [0.25, 0.3) is 0 Å². The van der Waals surface area contributed by atoms with E-state index < -0.39 is 7.80 Å². The smallest absolute Gasteiger partial charge is 0.338 e. The van der Waals surface area contributed by atoms with Crippen molar-refractivity contribution in [2.45, 2.75) is 65.6 Å². The number of esters is 2. The van der Waals surface area contributed by atoms with Gasteiger partial charge in [0.15, 0.2) is 0 Å². The van der Waals surface area contributed by atoms with Crippen molar-refractivity contribution in [2.75, 3.05) is 12.3 Å². The van der Waals surface area contributed by atoms with Gasteiger partial charge in [-0.2, -0.15) is 0 Å². The zero-order valence-electron chi connectivity index (χ0n) is 13.4. The Hall–Kier alpha value is -1.00. The Morgan fingerprint density at radius 3 is 1.48 bits per heavy atom. The van der Waals surface area contributed by atoms with E-state index in [2.05, 4.69) is 0 Å². The van der Waals surface area contributed by atoms with Crippen LogP contribution in [0, 0.1) is 0 Å². The highest BCUT2D eigenvalue weighted by molar-refractivity contribution is 7.44. The van der Waals surface area contributed by atoms with Gasteiger partial charge in [0.1, 0.15) is 12.3 Å². The molecule has 0 radical (unpaired) electrons. The Bertz CT molecular complexity index is 297. The van der Waals surface area contributed by atoms with E-state index in [0.29, 0.717) is 38.0 Å². The van der Waals surface area contributed by atoms with Crippen LogP contribution in [0.3, 0.4) is 0 Å². The molecule has 0 bridgehead atoms. The van der Waals surface area contributed by atoms with Crippen molar-refractivity contribution in [1.29, 1.82) is 0 Å². The molecule has 0 aliphatic carbocycles. The molecule has 0 unspecified atom stereocenters. The van der Waals surface area contributed by atoms with Gasteiger partial charge in [0.05, 0.1) is 12.2 Å². The van der Waals surface area contributed by atoms with Crippen LogP contribution in [-0.4, -0.2) is 41.9 Å². The molecule has 0 amide bonds. The van der Waals surface area contributed by atoms with Crippen molar-refractivity contribution in [1.82, 2.24) is 0 Å². The fourth-order valence-corrected chi connectivity index (χ4v) is 2.80. The van der Waals surface area contributed by atoms with Crippen molar-refractivity contribution in [3.05, 3.63) is 0 Å². The fraction of sp³-hybridized carbons (Fsp3) is 0.857. The molecule has 0 saturated carbocycles. The second-order valence-electron chi connectivity index (χ2n) is 5.21. The summed E-state index contributed by atoms with van der Waals surface area (Å²) < 4.78 is 21.7. The van der Waals surface area contributed by atoms with Crippen molar-refractivity contribution < 1.29 is 29.1 Å². The maximum absolute atomic E-state index is 11.7. The van der Waals surface area contributed by atoms with Crippen molar-refractivity contribution in [3.8, 4) is 0 Å². The van der Waals surface area contributed by atoms with Gasteiger partial charge in [-0.1, -0.05) is 4.57 Å². The van der Waals surface area contributed by atoms with Crippen molar-refractivity contribution >= 4 is 19.7 Å². The van der Waals surface area contributed by atoms with Crippen LogP contribution in [0.25, 0.3) is 0 Å². The molecule has 0 aliphatic rings. The fourth-order valence-electron chi connectivity index (χ4n) is 1.55. The predicted octanol–water partition coefficient (Wildman–Crippen LogP) is 2.45. The van der Waals surface area contributed by atoms with E-state index >= 15 is 0 Å². The van der Waals surface area contributed by atoms with E-state index in [4.69, 9.17) is 9.47 Å². The maximum atomic E-state index is 11.7. The largest absolute Gasteiger partial charge is 0.463 e. The summed E-state index contributed by atoms with van der Waals surface area (Å²) in [4.78, 5) is 22.5. The summed E-state index contributed by atoms with van der Waals surface area (Å²) >= 11 is 0. The van der Waals surface area contributed by atoms with E-state index in [-0.39, 0.29) is 29.6 Å². The van der Waals surface area contributed by atoms with Gasteiger partial charge in [-0.15, -0.1) is 0 Å². The van der Waals surface area contributed by atoms with Crippen molar-refractivity contribution in [2.24, 2.45) is 0 Å². The molecule has 0 aliphatic heterocycles. The van der Waals surface area contributed by atoms with Gasteiger partial charge in [-0.25, -0.2) is 0 Å². The van der Waals surface area contributed by atoms with E-state index in [0.717, 1.165) is 0 Å². The highest BCUT2D eigenvalue weighted by atomic mass is 31.1. The molecule has 7 heteroatoms. The first-order valence-corrected chi connectivity index (χ1v) is 8.75. The van der Waals surface area contributed by atoms with Crippen LogP contribution in [-0.2, 0) is 23.6 Å². The molecule has 2 N–H and O–H groups in total. The lowest BCUT2D eigenvalue weighted by molar-refractivity contribution is -0.148. The lowest BCUT2D eigenvalue weighted by atomic mass is 10.3. The standard InChI is InChI=1S/C14H26O5P.H2O/c1-11(2)18-13(15)7-5-9-20(17)10-6-8-14(16)19-12(3)4;/h11-12H,5-10H2,1-4H3;1H2/q+1;. The zero-order chi connectivity index (χ0) is 15.5. The Labute approximate surface area is 127 Å². The quantitative estimate of drug-likeness (QED) is 0.454. The SMILES string of the molecule is CC(C)OC(=O)CCC[P+](=O)CCCC(=O)OC(C)C.O. The third-order valence-electron chi connectivity index (χ3n) is 2.31. The van der Waals surface area contributed by atoms with Crippen LogP contribution in [0.4, 0.5) is 0 Å². The van der Waals surface area contributed by atoms with Gasteiger partial charge in [0, 0.05) is 25.7 Å². The van der Waals surface area contributed by atoms with Crippen LogP contribution in [0.15, 0.2) is 0 Å². The molecular weight excluding hydrogens is 295 g/mol. The second-order valence-corrected chi connectivity index (χ2v) is 7.07. The number of carbonyl (C=O) groups excluding carboxylic acids is 2. The first-order chi connectivity index (χ1) is 9.31. The number of hydrogen-bond acceptors (Lipinski definition) is 5. The van der Waals surface area contributed by atoms with E-state index in [9.17, 15) is 14.2 Å². The Morgan fingerprint density at radius 1 is 0.857 bits per heavy atom. The summed E-state index contributed by atoms with van der Waals surface area (Å²) in [6.45, 7) is 7.20. The molecule has 0 rings (SSSR count). The number of ether oxygens (including phenoxy) is 2. The minimum Gasteiger partial charge on any atom is -0.463 e. The third kappa shape index (κ3) is 15.2. The Balaban J connectivity index is 0. The van der Waals surface area contributed by atoms with Crippen LogP contribution < -0.4 is 0 Å². The molecule has 0 atom stereocenters. The topological polar surface area (TPSA) is 101 Å². The number of hydrogen-bond donors (Lipinski definition) is 0. The van der Waals surface area contributed by atoms with E-state index in [1.165, 1.54) is 0 Å². The van der Waals surface area contributed by atoms with Crippen LogP contribution in [0.5, 0.6) is 0 Å². The van der Waals surface area contributed by atoms with Crippen LogP contribution in [0.2, 0.25) is 0 Å². The minimum absolute atomic E-state index is 0. The molecule has 0 saturated heterocycles. The van der Waals surface area contributed by atoms with E-state index in [1.807, 2.05) is 0 Å². The van der Waals surface area contributed by atoms with Gasteiger partial charge in [-0.3, -0.25) is 9.59 Å². The van der Waals surface area contributed by atoms with Crippen LogP contribution in [0.1, 0.15) is 53.4 Å². The molecule has 21 heavy (non-hydrogen) atoms. The molecule has 0 aromatic rings. The van der Waals surface area contributed by atoms with Gasteiger partial charge >= 0.3 is 19.7 Å². The molecule has 0 heterocycles. The lowest BCUT2D eigenvalue weighted by Gasteiger charge is -2.06. The monoisotopic (exact) mass is 323 g/mol. The maximum Gasteiger partial charge on any atom is 0.338 e. The lowest BCUT2D eigenvalue weighted by Crippen LogP contribution is -2.11. The van der Waals surface area contributed by atoms with Crippen LogP contribution >= 0.6 is 7.80 Å². The highest BCUT2D eigenvalue weighted by Crippen LogP contribution is 2.24. The van der Waals surface area contributed by atoms with Gasteiger partial charge in [0.2, 0.25) is 0 Å². The normalized spacial score (nSPS) is 10.2. The summed E-state index contributed by atoms with van der Waals surface area (Å²) in [5.74, 6) is -0.493. The molecule has 0 aromatic heterocycles.